The number of aryl methyl sites for hydroxylation is 4. The summed E-state index contributed by atoms with van der Waals surface area (Å²) in [5, 5.41) is 5.33. The molecule has 2 heterocycles. The summed E-state index contributed by atoms with van der Waals surface area (Å²) in [4.78, 5) is 0. The van der Waals surface area contributed by atoms with E-state index in [-0.39, 0.29) is 51.0 Å². The van der Waals surface area contributed by atoms with Crippen LogP contribution in [0.3, 0.4) is 0 Å². The van der Waals surface area contributed by atoms with Crippen molar-refractivity contribution in [3.8, 4) is 22.6 Å². The Bertz CT molecular complexity index is 1510. The number of furan rings is 2. The van der Waals surface area contributed by atoms with Gasteiger partial charge in [0.1, 0.15) is 0 Å². The third kappa shape index (κ3) is 7.95. The van der Waals surface area contributed by atoms with Gasteiger partial charge in [0.25, 0.3) is 0 Å². The Morgan fingerprint density at radius 1 is 0.561 bits per heavy atom. The summed E-state index contributed by atoms with van der Waals surface area (Å²) >= 11 is 0. The molecule has 0 saturated heterocycles. The van der Waals surface area contributed by atoms with Gasteiger partial charge in [-0.05, 0) is 49.9 Å². The second-order valence-corrected chi connectivity index (χ2v) is 10.1. The quantitative estimate of drug-likeness (QED) is 0.221. The van der Waals surface area contributed by atoms with Crippen LogP contribution in [0.1, 0.15) is 63.2 Å². The third-order valence-electron chi connectivity index (χ3n) is 7.33. The molecule has 0 aliphatic carbocycles. The van der Waals surface area contributed by atoms with Crippen LogP contribution in [-0.4, -0.2) is 0 Å². The van der Waals surface area contributed by atoms with Gasteiger partial charge in [-0.25, -0.2) is 0 Å². The van der Waals surface area contributed by atoms with Crippen LogP contribution in [0.2, 0.25) is 0 Å². The van der Waals surface area contributed by atoms with Gasteiger partial charge in [0.15, 0.2) is 0 Å². The summed E-state index contributed by atoms with van der Waals surface area (Å²) in [6.45, 7) is 8.75. The fraction of sp³-hybridized carbons (Fsp3) is 0.278. The molecule has 4 aromatic carbocycles. The molecule has 6 aromatic rings. The molecule has 5 heteroatoms. The molecule has 0 saturated carbocycles. The fourth-order valence-electron chi connectivity index (χ4n) is 5.33. The van der Waals surface area contributed by atoms with Gasteiger partial charge in [0.05, 0.1) is 23.0 Å². The van der Waals surface area contributed by atoms with Crippen molar-refractivity contribution in [2.24, 2.45) is 0 Å². The summed E-state index contributed by atoms with van der Waals surface area (Å²) in [6.07, 6.45) is 6.41. The largest absolute Gasteiger partial charge is 4.00 e. The average molecular weight is 665 g/mol. The molecular weight excluding hydrogens is 627 g/mol. The van der Waals surface area contributed by atoms with Gasteiger partial charge in [-0.15, -0.1) is 57.9 Å². The van der Waals surface area contributed by atoms with Crippen molar-refractivity contribution in [1.29, 1.82) is 0 Å². The SMILES string of the molecule is CCCc1ccc(-c2cc3c(CC)cccc3[cH-]2)o1.CCCc1ccc(-c2cc3c(CC)cccc3[cH-]2)o1.[Cl-].[Cl-].[Zr+4]. The number of benzene rings is 2. The summed E-state index contributed by atoms with van der Waals surface area (Å²) in [5.74, 6) is 4.14. The maximum absolute atomic E-state index is 5.91. The van der Waals surface area contributed by atoms with E-state index in [2.05, 4.69) is 113 Å². The first kappa shape index (κ1) is 34.9. The first-order valence-electron chi connectivity index (χ1n) is 14.2. The Morgan fingerprint density at radius 3 is 1.34 bits per heavy atom. The van der Waals surface area contributed by atoms with Crippen LogP contribution in [0, 0.1) is 0 Å². The molecule has 0 spiro atoms. The van der Waals surface area contributed by atoms with E-state index in [9.17, 15) is 0 Å². The van der Waals surface area contributed by atoms with Crippen molar-refractivity contribution in [2.75, 3.05) is 0 Å². The topological polar surface area (TPSA) is 26.3 Å². The van der Waals surface area contributed by atoms with Crippen LogP contribution in [0.4, 0.5) is 0 Å². The second-order valence-electron chi connectivity index (χ2n) is 10.1. The number of rotatable bonds is 8. The standard InChI is InChI=1S/2C18H19O.2ClH.Zr/c2*1-3-6-16-9-10-18(19-16)15-11-14-8-5-7-13(4-2)17(14)12-15;;;/h2*5,7-12H,3-4,6H2,1-2H3;2*1H;/q2*-1;;;+4/p-2. The summed E-state index contributed by atoms with van der Waals surface area (Å²) in [6, 6.07) is 30.3. The minimum absolute atomic E-state index is 0. The molecule has 2 aromatic heterocycles. The van der Waals surface area contributed by atoms with Crippen molar-refractivity contribution >= 4 is 21.5 Å². The molecule has 41 heavy (non-hydrogen) atoms. The maximum Gasteiger partial charge on any atom is 4.00 e. The van der Waals surface area contributed by atoms with Crippen LogP contribution in [0.15, 0.2) is 93.8 Å². The van der Waals surface area contributed by atoms with Crippen molar-refractivity contribution in [3.63, 3.8) is 0 Å². The minimum atomic E-state index is 0. The molecule has 6 rings (SSSR count). The zero-order valence-electron chi connectivity index (χ0n) is 24.4. The first-order chi connectivity index (χ1) is 18.6. The van der Waals surface area contributed by atoms with E-state index in [1.54, 1.807) is 0 Å². The van der Waals surface area contributed by atoms with Gasteiger partial charge < -0.3 is 33.6 Å². The van der Waals surface area contributed by atoms with Gasteiger partial charge >= 0.3 is 26.2 Å². The van der Waals surface area contributed by atoms with E-state index in [0.717, 1.165) is 61.6 Å². The zero-order chi connectivity index (χ0) is 26.5. The van der Waals surface area contributed by atoms with Gasteiger partial charge in [-0.3, -0.25) is 0 Å². The number of halogens is 2. The van der Waals surface area contributed by atoms with Crippen LogP contribution in [0.5, 0.6) is 0 Å². The monoisotopic (exact) mass is 662 g/mol. The number of hydrogen-bond donors (Lipinski definition) is 0. The van der Waals surface area contributed by atoms with Crippen molar-refractivity contribution < 1.29 is 59.9 Å². The molecule has 0 radical (unpaired) electrons. The van der Waals surface area contributed by atoms with E-state index in [0.29, 0.717) is 0 Å². The van der Waals surface area contributed by atoms with Crippen molar-refractivity contribution in [2.45, 2.75) is 66.2 Å². The van der Waals surface area contributed by atoms with E-state index < -0.39 is 0 Å². The molecule has 212 valence electrons. The predicted molar refractivity (Wildman–Crippen MR) is 161 cm³/mol. The molecule has 0 unspecified atom stereocenters. The third-order valence-corrected chi connectivity index (χ3v) is 7.33. The van der Waals surface area contributed by atoms with E-state index >= 15 is 0 Å². The molecule has 2 nitrogen and oxygen atoms in total. The van der Waals surface area contributed by atoms with Crippen molar-refractivity contribution in [1.82, 2.24) is 0 Å². The smallest absolute Gasteiger partial charge is 1.00 e. The Balaban J connectivity index is 0.000000267. The molecule has 0 aliphatic heterocycles. The Kier molecular flexibility index (Phi) is 13.9. The Hall–Kier alpha value is -2.32. The Morgan fingerprint density at radius 2 is 0.976 bits per heavy atom. The second kappa shape index (κ2) is 16.4. The van der Waals surface area contributed by atoms with Gasteiger partial charge in [-0.2, -0.15) is 0 Å². The number of fused-ring (bicyclic) bond motifs is 2. The molecule has 0 bridgehead atoms. The molecule has 0 atom stereocenters. The summed E-state index contributed by atoms with van der Waals surface area (Å²) in [7, 11) is 0. The van der Waals surface area contributed by atoms with Gasteiger partial charge in [0, 0.05) is 12.8 Å². The molecule has 0 aliphatic rings. The molecule has 0 N–H and O–H groups in total. The molecule has 0 amide bonds. The summed E-state index contributed by atoms with van der Waals surface area (Å²) < 4.78 is 11.8. The fourth-order valence-corrected chi connectivity index (χ4v) is 5.33. The zero-order valence-corrected chi connectivity index (χ0v) is 28.4. The van der Waals surface area contributed by atoms with Gasteiger partial charge in [0.2, 0.25) is 0 Å². The number of hydrogen-bond acceptors (Lipinski definition) is 2. The predicted octanol–water partition coefficient (Wildman–Crippen LogP) is 4.67. The first-order valence-corrected chi connectivity index (χ1v) is 14.2. The summed E-state index contributed by atoms with van der Waals surface area (Å²) in [5.41, 5.74) is 5.20. The maximum atomic E-state index is 5.91. The van der Waals surface area contributed by atoms with E-state index in [1.165, 1.54) is 43.8 Å². The van der Waals surface area contributed by atoms with Crippen LogP contribution in [-0.2, 0) is 51.9 Å². The minimum Gasteiger partial charge on any atom is -1.00 e. The molecular formula is C36H38Cl2O2Zr. The van der Waals surface area contributed by atoms with E-state index in [4.69, 9.17) is 8.83 Å². The van der Waals surface area contributed by atoms with Crippen molar-refractivity contribution in [3.05, 3.63) is 108 Å². The van der Waals surface area contributed by atoms with E-state index in [1.807, 2.05) is 0 Å². The normalized spacial score (nSPS) is 10.4. The van der Waals surface area contributed by atoms with Crippen LogP contribution in [0.25, 0.3) is 44.2 Å². The van der Waals surface area contributed by atoms with Crippen LogP contribution >= 0.6 is 0 Å². The molecule has 0 fully saturated rings. The van der Waals surface area contributed by atoms with Gasteiger partial charge in [-0.1, -0.05) is 74.2 Å². The Labute approximate surface area is 276 Å². The average Bonchev–Trinajstić information content (AvgIpc) is 3.74. The van der Waals surface area contributed by atoms with Crippen LogP contribution < -0.4 is 24.8 Å².